The number of β-amino-alcohol motifs (C(OH)–C–C–N with tert-alkyl or cyclic N) is 1. The number of piperidine rings is 1. The van der Waals surface area contributed by atoms with Crippen LogP contribution in [0.3, 0.4) is 0 Å². The van der Waals surface area contributed by atoms with Gasteiger partial charge in [-0.15, -0.1) is 0 Å². The quantitative estimate of drug-likeness (QED) is 0.641. The van der Waals surface area contributed by atoms with E-state index in [-0.39, 0.29) is 0 Å². The van der Waals surface area contributed by atoms with Crippen molar-refractivity contribution < 1.29 is 10.2 Å². The first kappa shape index (κ1) is 9.96. The second kappa shape index (κ2) is 4.80. The summed E-state index contributed by atoms with van der Waals surface area (Å²) < 4.78 is 0. The Morgan fingerprint density at radius 2 is 2.08 bits per heavy atom. The van der Waals surface area contributed by atoms with Crippen molar-refractivity contribution in [2.24, 2.45) is 0 Å². The van der Waals surface area contributed by atoms with E-state index >= 15 is 0 Å². The molecule has 3 heteroatoms. The summed E-state index contributed by atoms with van der Waals surface area (Å²) in [6.45, 7) is 4.79. The molecule has 1 saturated heterocycles. The van der Waals surface area contributed by atoms with Crippen LogP contribution in [0.5, 0.6) is 0 Å². The fourth-order valence-electron chi connectivity index (χ4n) is 1.57. The van der Waals surface area contributed by atoms with Gasteiger partial charge in [-0.3, -0.25) is 0 Å². The van der Waals surface area contributed by atoms with Gasteiger partial charge in [0.15, 0.2) is 0 Å². The molecule has 0 aromatic carbocycles. The van der Waals surface area contributed by atoms with Crippen molar-refractivity contribution >= 4 is 0 Å². The third-order valence-electron chi connectivity index (χ3n) is 2.46. The molecule has 72 valence electrons. The van der Waals surface area contributed by atoms with E-state index in [2.05, 4.69) is 11.8 Å². The summed E-state index contributed by atoms with van der Waals surface area (Å²) in [6.07, 6.45) is 2.06. The highest BCUT2D eigenvalue weighted by atomic mass is 16.3. The van der Waals surface area contributed by atoms with Crippen LogP contribution in [0.25, 0.3) is 0 Å². The van der Waals surface area contributed by atoms with Crippen molar-refractivity contribution in [3.8, 4) is 0 Å². The monoisotopic (exact) mass is 173 g/mol. The molecule has 0 saturated carbocycles. The highest BCUT2D eigenvalue weighted by Gasteiger charge is 2.24. The van der Waals surface area contributed by atoms with Crippen LogP contribution in [0, 0.1) is 0 Å². The largest absolute Gasteiger partial charge is 0.390 e. The molecule has 1 heterocycles. The van der Waals surface area contributed by atoms with E-state index in [1.165, 1.54) is 12.8 Å². The lowest BCUT2D eigenvalue weighted by Gasteiger charge is -2.33. The zero-order valence-corrected chi connectivity index (χ0v) is 7.74. The van der Waals surface area contributed by atoms with Crippen LogP contribution in [0.2, 0.25) is 0 Å². The Labute approximate surface area is 74.0 Å². The molecule has 2 N–H and O–H groups in total. The lowest BCUT2D eigenvalue weighted by molar-refractivity contribution is -0.0384. The standard InChI is InChI=1S/C9H19NO2/c1-2-3-5-10-6-4-8(11)9(12)7-10/h8-9,11-12H,2-7H2,1H3. The van der Waals surface area contributed by atoms with E-state index in [1.54, 1.807) is 0 Å². The second-order valence-electron chi connectivity index (χ2n) is 3.58. The predicted molar refractivity (Wildman–Crippen MR) is 48.0 cm³/mol. The molecule has 3 nitrogen and oxygen atoms in total. The SMILES string of the molecule is CCCCN1CCC(O)C(O)C1. The number of hydrogen-bond acceptors (Lipinski definition) is 3. The Hall–Kier alpha value is -0.120. The molecule has 2 atom stereocenters. The Bertz CT molecular complexity index is 128. The summed E-state index contributed by atoms with van der Waals surface area (Å²) in [5, 5.41) is 18.6. The van der Waals surface area contributed by atoms with Gasteiger partial charge in [0, 0.05) is 13.1 Å². The van der Waals surface area contributed by atoms with Crippen molar-refractivity contribution in [3.63, 3.8) is 0 Å². The highest BCUT2D eigenvalue weighted by Crippen LogP contribution is 2.11. The molecule has 12 heavy (non-hydrogen) atoms. The molecular formula is C9H19NO2. The van der Waals surface area contributed by atoms with Crippen molar-refractivity contribution in [1.82, 2.24) is 4.90 Å². The van der Waals surface area contributed by atoms with E-state index in [4.69, 9.17) is 0 Å². The van der Waals surface area contributed by atoms with Crippen molar-refractivity contribution in [1.29, 1.82) is 0 Å². The fourth-order valence-corrected chi connectivity index (χ4v) is 1.57. The van der Waals surface area contributed by atoms with Crippen LogP contribution < -0.4 is 0 Å². The summed E-state index contributed by atoms with van der Waals surface area (Å²) in [4.78, 5) is 2.22. The van der Waals surface area contributed by atoms with Gasteiger partial charge in [-0.1, -0.05) is 13.3 Å². The maximum absolute atomic E-state index is 9.36. The number of unbranched alkanes of at least 4 members (excludes halogenated alkanes) is 1. The van der Waals surface area contributed by atoms with E-state index in [1.807, 2.05) is 0 Å². The first-order valence-corrected chi connectivity index (χ1v) is 4.82. The summed E-state index contributed by atoms with van der Waals surface area (Å²) in [5.41, 5.74) is 0. The minimum Gasteiger partial charge on any atom is -0.390 e. The first-order chi connectivity index (χ1) is 5.74. The molecule has 1 rings (SSSR count). The number of rotatable bonds is 3. The smallest absolute Gasteiger partial charge is 0.0926 e. The molecule has 0 aliphatic carbocycles. The van der Waals surface area contributed by atoms with E-state index in [0.29, 0.717) is 13.0 Å². The van der Waals surface area contributed by atoms with Gasteiger partial charge >= 0.3 is 0 Å². The summed E-state index contributed by atoms with van der Waals surface area (Å²) in [6, 6.07) is 0. The molecule has 0 amide bonds. The van der Waals surface area contributed by atoms with Gasteiger partial charge in [0.05, 0.1) is 12.2 Å². The maximum atomic E-state index is 9.36. The van der Waals surface area contributed by atoms with Crippen LogP contribution in [0.1, 0.15) is 26.2 Å². The molecule has 0 spiro atoms. The lowest BCUT2D eigenvalue weighted by atomic mass is 10.0. The zero-order valence-electron chi connectivity index (χ0n) is 7.74. The Balaban J connectivity index is 2.21. The average molecular weight is 173 g/mol. The van der Waals surface area contributed by atoms with Gasteiger partial charge in [0.2, 0.25) is 0 Å². The zero-order chi connectivity index (χ0) is 8.97. The summed E-state index contributed by atoms with van der Waals surface area (Å²) in [7, 11) is 0. The lowest BCUT2D eigenvalue weighted by Crippen LogP contribution is -2.46. The predicted octanol–water partition coefficient (Wildman–Crippen LogP) is 0.214. The molecular weight excluding hydrogens is 154 g/mol. The molecule has 1 fully saturated rings. The van der Waals surface area contributed by atoms with E-state index in [9.17, 15) is 10.2 Å². The Morgan fingerprint density at radius 3 is 2.67 bits per heavy atom. The first-order valence-electron chi connectivity index (χ1n) is 4.82. The van der Waals surface area contributed by atoms with Gasteiger partial charge in [-0.25, -0.2) is 0 Å². The molecule has 1 aliphatic rings. The fraction of sp³-hybridized carbons (Fsp3) is 1.00. The molecule has 0 radical (unpaired) electrons. The normalized spacial score (nSPS) is 32.2. The summed E-state index contributed by atoms with van der Waals surface area (Å²) in [5.74, 6) is 0. The Morgan fingerprint density at radius 1 is 1.33 bits per heavy atom. The van der Waals surface area contributed by atoms with Crippen LogP contribution in [-0.2, 0) is 0 Å². The number of hydrogen-bond donors (Lipinski definition) is 2. The number of nitrogens with zero attached hydrogens (tertiary/aromatic N) is 1. The molecule has 0 bridgehead atoms. The van der Waals surface area contributed by atoms with Crippen molar-refractivity contribution in [3.05, 3.63) is 0 Å². The highest BCUT2D eigenvalue weighted by molar-refractivity contribution is 4.78. The Kier molecular flexibility index (Phi) is 3.98. The van der Waals surface area contributed by atoms with Gasteiger partial charge < -0.3 is 15.1 Å². The number of aliphatic hydroxyl groups excluding tert-OH is 2. The number of likely N-dealkylation sites (tertiary alicyclic amines) is 1. The van der Waals surface area contributed by atoms with Crippen molar-refractivity contribution in [2.75, 3.05) is 19.6 Å². The molecule has 0 aromatic rings. The van der Waals surface area contributed by atoms with Gasteiger partial charge in [0.1, 0.15) is 0 Å². The topological polar surface area (TPSA) is 43.7 Å². The van der Waals surface area contributed by atoms with E-state index < -0.39 is 12.2 Å². The van der Waals surface area contributed by atoms with Gasteiger partial charge in [-0.05, 0) is 19.4 Å². The van der Waals surface area contributed by atoms with Crippen LogP contribution in [-0.4, -0.2) is 47.0 Å². The van der Waals surface area contributed by atoms with Crippen molar-refractivity contribution in [2.45, 2.75) is 38.4 Å². The molecule has 0 aromatic heterocycles. The van der Waals surface area contributed by atoms with Gasteiger partial charge in [0.25, 0.3) is 0 Å². The minimum absolute atomic E-state index is 0.497. The minimum atomic E-state index is -0.532. The molecule has 2 unspecified atom stereocenters. The number of aliphatic hydroxyl groups is 2. The third-order valence-corrected chi connectivity index (χ3v) is 2.46. The second-order valence-corrected chi connectivity index (χ2v) is 3.58. The summed E-state index contributed by atoms with van der Waals surface area (Å²) >= 11 is 0. The maximum Gasteiger partial charge on any atom is 0.0926 e. The van der Waals surface area contributed by atoms with E-state index in [0.717, 1.165) is 13.1 Å². The third kappa shape index (κ3) is 2.73. The van der Waals surface area contributed by atoms with Crippen LogP contribution >= 0.6 is 0 Å². The van der Waals surface area contributed by atoms with Gasteiger partial charge in [-0.2, -0.15) is 0 Å². The average Bonchev–Trinajstić information content (AvgIpc) is 2.07. The van der Waals surface area contributed by atoms with Crippen LogP contribution in [0.4, 0.5) is 0 Å². The molecule has 1 aliphatic heterocycles. The van der Waals surface area contributed by atoms with Crippen LogP contribution in [0.15, 0.2) is 0 Å².